The van der Waals surface area contributed by atoms with Gasteiger partial charge in [-0.15, -0.1) is 0 Å². The molecule has 6 nitrogen and oxygen atoms in total. The van der Waals surface area contributed by atoms with Gasteiger partial charge in [0.05, 0.1) is 31.8 Å². The number of aromatic nitrogens is 1. The summed E-state index contributed by atoms with van der Waals surface area (Å²) in [5.41, 5.74) is 1.12. The molecule has 116 valence electrons. The molecule has 6 heteroatoms. The summed E-state index contributed by atoms with van der Waals surface area (Å²) in [6, 6.07) is 12.3. The maximum Gasteiger partial charge on any atom is 0.254 e. The van der Waals surface area contributed by atoms with E-state index in [1.54, 1.807) is 48.4 Å². The average Bonchev–Trinajstić information content (AvgIpc) is 2.57. The van der Waals surface area contributed by atoms with Crippen molar-refractivity contribution < 1.29 is 14.3 Å². The highest BCUT2D eigenvalue weighted by molar-refractivity contribution is 5.94. The van der Waals surface area contributed by atoms with Gasteiger partial charge in [-0.1, -0.05) is 0 Å². The summed E-state index contributed by atoms with van der Waals surface area (Å²) < 4.78 is 10.7. The van der Waals surface area contributed by atoms with Crippen LogP contribution in [0.2, 0.25) is 0 Å². The van der Waals surface area contributed by atoms with Crippen molar-refractivity contribution in [2.75, 3.05) is 20.2 Å². The number of rotatable bonds is 4. The van der Waals surface area contributed by atoms with Crippen LogP contribution in [-0.4, -0.2) is 42.1 Å². The number of ether oxygens (including phenoxy) is 2. The van der Waals surface area contributed by atoms with Crippen molar-refractivity contribution in [3.05, 3.63) is 53.7 Å². The van der Waals surface area contributed by atoms with Crippen LogP contribution in [0.1, 0.15) is 15.9 Å². The molecular formula is C17H15N3O3. The van der Waals surface area contributed by atoms with Gasteiger partial charge in [-0.25, -0.2) is 4.98 Å². The smallest absolute Gasteiger partial charge is 0.254 e. The Morgan fingerprint density at radius 1 is 1.30 bits per heavy atom. The van der Waals surface area contributed by atoms with Crippen LogP contribution < -0.4 is 9.47 Å². The molecule has 3 rings (SSSR count). The van der Waals surface area contributed by atoms with Gasteiger partial charge in [-0.05, 0) is 30.3 Å². The predicted octanol–water partition coefficient (Wildman–Crippen LogP) is 1.87. The summed E-state index contributed by atoms with van der Waals surface area (Å²) in [7, 11) is 1.59. The van der Waals surface area contributed by atoms with E-state index in [9.17, 15) is 4.79 Å². The number of amides is 1. The maximum absolute atomic E-state index is 12.3. The van der Waals surface area contributed by atoms with E-state index >= 15 is 0 Å². The van der Waals surface area contributed by atoms with Crippen LogP contribution >= 0.6 is 0 Å². The molecule has 1 aliphatic rings. The van der Waals surface area contributed by atoms with Crippen molar-refractivity contribution in [2.45, 2.75) is 6.10 Å². The van der Waals surface area contributed by atoms with Gasteiger partial charge >= 0.3 is 0 Å². The molecule has 1 fully saturated rings. The van der Waals surface area contributed by atoms with Gasteiger partial charge in [0.15, 0.2) is 0 Å². The normalized spacial score (nSPS) is 13.8. The van der Waals surface area contributed by atoms with Gasteiger partial charge in [0.1, 0.15) is 11.9 Å². The summed E-state index contributed by atoms with van der Waals surface area (Å²) in [5.74, 6) is 1.09. The van der Waals surface area contributed by atoms with Crippen LogP contribution in [0.15, 0.2) is 42.6 Å². The lowest BCUT2D eigenvalue weighted by atomic mass is 10.1. The lowest BCUT2D eigenvalue weighted by molar-refractivity contribution is 0.0160. The number of methoxy groups -OCH3 is 1. The number of nitriles is 1. The Kier molecular flexibility index (Phi) is 4.11. The number of hydrogen-bond acceptors (Lipinski definition) is 5. The molecule has 0 N–H and O–H groups in total. The number of likely N-dealkylation sites (tertiary alicyclic amines) is 1. The first-order chi connectivity index (χ1) is 11.2. The Morgan fingerprint density at radius 2 is 2.04 bits per heavy atom. The minimum atomic E-state index is -0.0985. The first kappa shape index (κ1) is 14.9. The monoisotopic (exact) mass is 309 g/mol. The van der Waals surface area contributed by atoms with E-state index in [1.165, 1.54) is 6.20 Å². The third-order valence-corrected chi connectivity index (χ3v) is 3.62. The number of nitrogens with zero attached hydrogens (tertiary/aromatic N) is 3. The first-order valence-electron chi connectivity index (χ1n) is 7.16. The van der Waals surface area contributed by atoms with E-state index in [1.807, 2.05) is 6.07 Å². The van der Waals surface area contributed by atoms with E-state index in [-0.39, 0.29) is 12.0 Å². The van der Waals surface area contributed by atoms with Crippen molar-refractivity contribution in [3.63, 3.8) is 0 Å². The summed E-state index contributed by atoms with van der Waals surface area (Å²) in [4.78, 5) is 18.1. The predicted molar refractivity (Wildman–Crippen MR) is 82.3 cm³/mol. The molecule has 0 saturated carbocycles. The molecule has 1 amide bonds. The van der Waals surface area contributed by atoms with Gasteiger partial charge in [-0.2, -0.15) is 5.26 Å². The lowest BCUT2D eigenvalue weighted by Gasteiger charge is -2.38. The molecule has 23 heavy (non-hydrogen) atoms. The molecule has 2 aromatic rings. The van der Waals surface area contributed by atoms with Crippen LogP contribution in [0, 0.1) is 11.3 Å². The average molecular weight is 309 g/mol. The minimum absolute atomic E-state index is 0.0359. The number of carbonyl (C=O) groups is 1. The van der Waals surface area contributed by atoms with Crippen molar-refractivity contribution in [1.29, 1.82) is 5.26 Å². The van der Waals surface area contributed by atoms with Gasteiger partial charge in [0, 0.05) is 17.8 Å². The fourth-order valence-electron chi connectivity index (χ4n) is 2.31. The zero-order valence-corrected chi connectivity index (χ0v) is 12.6. The largest absolute Gasteiger partial charge is 0.497 e. The highest BCUT2D eigenvalue weighted by atomic mass is 16.5. The van der Waals surface area contributed by atoms with Gasteiger partial charge < -0.3 is 14.4 Å². The number of hydrogen-bond donors (Lipinski definition) is 0. The minimum Gasteiger partial charge on any atom is -0.497 e. The van der Waals surface area contributed by atoms with Gasteiger partial charge in [-0.3, -0.25) is 4.79 Å². The molecule has 0 aliphatic carbocycles. The quantitative estimate of drug-likeness (QED) is 0.861. The van der Waals surface area contributed by atoms with Gasteiger partial charge in [0.2, 0.25) is 5.88 Å². The van der Waals surface area contributed by atoms with E-state index in [0.29, 0.717) is 30.1 Å². The topological polar surface area (TPSA) is 75.4 Å². The van der Waals surface area contributed by atoms with Crippen molar-refractivity contribution in [1.82, 2.24) is 9.88 Å². The van der Waals surface area contributed by atoms with E-state index in [4.69, 9.17) is 14.7 Å². The fraction of sp³-hybridized carbons (Fsp3) is 0.235. The van der Waals surface area contributed by atoms with Crippen LogP contribution in [0.25, 0.3) is 0 Å². The van der Waals surface area contributed by atoms with E-state index in [0.717, 1.165) is 5.75 Å². The fourth-order valence-corrected chi connectivity index (χ4v) is 2.31. The molecule has 1 aromatic carbocycles. The van der Waals surface area contributed by atoms with E-state index < -0.39 is 0 Å². The number of pyridine rings is 1. The highest BCUT2D eigenvalue weighted by Gasteiger charge is 2.33. The summed E-state index contributed by atoms with van der Waals surface area (Å²) in [6.45, 7) is 1.01. The molecule has 0 unspecified atom stereocenters. The summed E-state index contributed by atoms with van der Waals surface area (Å²) in [6.07, 6.45) is 1.44. The second-order valence-corrected chi connectivity index (χ2v) is 5.17. The van der Waals surface area contributed by atoms with Crippen LogP contribution in [-0.2, 0) is 0 Å². The van der Waals surface area contributed by atoms with Crippen molar-refractivity contribution in [3.8, 4) is 17.7 Å². The Labute approximate surface area is 133 Å². The second kappa shape index (κ2) is 6.36. The van der Waals surface area contributed by atoms with E-state index in [2.05, 4.69) is 4.98 Å². The molecule has 1 aliphatic heterocycles. The molecular weight excluding hydrogens is 294 g/mol. The molecule has 0 bridgehead atoms. The highest BCUT2D eigenvalue weighted by Crippen LogP contribution is 2.20. The Balaban J connectivity index is 1.55. The molecule has 0 spiro atoms. The third-order valence-electron chi connectivity index (χ3n) is 3.62. The van der Waals surface area contributed by atoms with Crippen molar-refractivity contribution in [2.24, 2.45) is 0 Å². The third kappa shape index (κ3) is 3.24. The SMILES string of the molecule is COc1ccc(C(=O)N2CC(Oc3cc(C#N)ccn3)C2)cc1. The Morgan fingerprint density at radius 3 is 2.70 bits per heavy atom. The molecule has 0 radical (unpaired) electrons. The standard InChI is InChI=1S/C17H15N3O3/c1-22-14-4-2-13(3-5-14)17(21)20-10-15(11-20)23-16-8-12(9-18)6-7-19-16/h2-8,15H,10-11H2,1H3. The Bertz CT molecular complexity index is 746. The second-order valence-electron chi connectivity index (χ2n) is 5.17. The van der Waals surface area contributed by atoms with Crippen molar-refractivity contribution >= 4 is 5.91 Å². The Hall–Kier alpha value is -3.07. The molecule has 2 heterocycles. The molecule has 1 saturated heterocycles. The first-order valence-corrected chi connectivity index (χ1v) is 7.16. The van der Waals surface area contributed by atoms with Crippen LogP contribution in [0.4, 0.5) is 0 Å². The maximum atomic E-state index is 12.3. The molecule has 1 aromatic heterocycles. The molecule has 0 atom stereocenters. The van der Waals surface area contributed by atoms with Crippen LogP contribution in [0.3, 0.4) is 0 Å². The van der Waals surface area contributed by atoms with Gasteiger partial charge in [0.25, 0.3) is 5.91 Å². The number of carbonyl (C=O) groups excluding carboxylic acids is 1. The zero-order valence-electron chi connectivity index (χ0n) is 12.6. The lowest BCUT2D eigenvalue weighted by Crippen LogP contribution is -2.56. The zero-order chi connectivity index (χ0) is 16.2. The summed E-state index contributed by atoms with van der Waals surface area (Å²) >= 11 is 0. The van der Waals surface area contributed by atoms with Crippen LogP contribution in [0.5, 0.6) is 11.6 Å². The summed E-state index contributed by atoms with van der Waals surface area (Å²) in [5, 5.41) is 8.85. The number of benzene rings is 1.